The fourth-order valence-electron chi connectivity index (χ4n) is 5.65. The fraction of sp³-hybridized carbons (Fsp3) is 0.786. The first-order valence-electron chi connectivity index (χ1n) is 13.0. The van der Waals surface area contributed by atoms with Crippen molar-refractivity contribution in [2.45, 2.75) is 122 Å². The van der Waals surface area contributed by atoms with Gasteiger partial charge in [-0.15, -0.1) is 0 Å². The summed E-state index contributed by atoms with van der Waals surface area (Å²) in [6.45, 7) is 5.63. The van der Waals surface area contributed by atoms with E-state index in [1.165, 1.54) is 102 Å². The summed E-state index contributed by atoms with van der Waals surface area (Å²) < 4.78 is 6.27. The van der Waals surface area contributed by atoms with Gasteiger partial charge in [-0.25, -0.2) is 0 Å². The van der Waals surface area contributed by atoms with Crippen LogP contribution in [0.15, 0.2) is 24.3 Å². The van der Waals surface area contributed by atoms with Gasteiger partial charge in [0.25, 0.3) is 0 Å². The van der Waals surface area contributed by atoms with Gasteiger partial charge in [0.2, 0.25) is 0 Å². The van der Waals surface area contributed by atoms with Gasteiger partial charge >= 0.3 is 0 Å². The predicted molar refractivity (Wildman–Crippen MR) is 126 cm³/mol. The molecule has 2 aliphatic carbocycles. The quantitative estimate of drug-likeness (QED) is 0.340. The maximum absolute atomic E-state index is 6.27. The second-order valence-electron chi connectivity index (χ2n) is 9.98. The van der Waals surface area contributed by atoms with Crippen LogP contribution in [-0.4, -0.2) is 12.7 Å². The molecule has 2 fully saturated rings. The number of benzene rings is 1. The SMILES string of the molecule is CCCCCc1ccc(C2CCC(OCCCC3CCC(CC)CC3)CC2)cc1. The smallest absolute Gasteiger partial charge is 0.0575 e. The van der Waals surface area contributed by atoms with Gasteiger partial charge in [0.05, 0.1) is 6.10 Å². The normalized spacial score (nSPS) is 27.8. The highest BCUT2D eigenvalue weighted by molar-refractivity contribution is 5.26. The molecule has 0 aromatic heterocycles. The number of aryl methyl sites for hydroxylation is 1. The van der Waals surface area contributed by atoms with Crippen molar-refractivity contribution in [2.75, 3.05) is 6.61 Å². The lowest BCUT2D eigenvalue weighted by atomic mass is 9.79. The molecule has 0 heterocycles. The fourth-order valence-corrected chi connectivity index (χ4v) is 5.65. The standard InChI is InChI=1S/C28H46O/c1-3-5-6-8-24-14-16-26(17-15-24)27-18-20-28(21-19-27)29-22-7-9-25-12-10-23(4-2)11-13-25/h14-17,23,25,27-28H,3-13,18-22H2,1-2H3. The van der Waals surface area contributed by atoms with E-state index in [-0.39, 0.29) is 0 Å². The van der Waals surface area contributed by atoms with Crippen LogP contribution < -0.4 is 0 Å². The second kappa shape index (κ2) is 12.8. The van der Waals surface area contributed by atoms with Crippen molar-refractivity contribution < 1.29 is 4.74 Å². The van der Waals surface area contributed by atoms with Crippen molar-refractivity contribution in [2.24, 2.45) is 11.8 Å². The molecule has 0 spiro atoms. The van der Waals surface area contributed by atoms with E-state index in [0.29, 0.717) is 6.10 Å². The van der Waals surface area contributed by atoms with E-state index in [1.54, 1.807) is 5.56 Å². The molecule has 1 heteroatoms. The molecule has 164 valence electrons. The van der Waals surface area contributed by atoms with Gasteiger partial charge in [0, 0.05) is 6.61 Å². The summed E-state index contributed by atoms with van der Waals surface area (Å²) >= 11 is 0. The molecule has 0 bridgehead atoms. The molecule has 0 unspecified atom stereocenters. The van der Waals surface area contributed by atoms with E-state index >= 15 is 0 Å². The summed E-state index contributed by atoms with van der Waals surface area (Å²) in [4.78, 5) is 0. The van der Waals surface area contributed by atoms with Crippen molar-refractivity contribution in [3.63, 3.8) is 0 Å². The van der Waals surface area contributed by atoms with Crippen molar-refractivity contribution >= 4 is 0 Å². The molecule has 0 aliphatic heterocycles. The van der Waals surface area contributed by atoms with Crippen LogP contribution >= 0.6 is 0 Å². The van der Waals surface area contributed by atoms with Crippen LogP contribution in [0.2, 0.25) is 0 Å². The molecule has 0 atom stereocenters. The van der Waals surface area contributed by atoms with Gasteiger partial charge in [-0.3, -0.25) is 0 Å². The molecule has 0 radical (unpaired) electrons. The molecule has 0 N–H and O–H groups in total. The first-order chi connectivity index (χ1) is 14.3. The second-order valence-corrected chi connectivity index (χ2v) is 9.98. The van der Waals surface area contributed by atoms with Gasteiger partial charge in [0.1, 0.15) is 0 Å². The minimum Gasteiger partial charge on any atom is -0.378 e. The van der Waals surface area contributed by atoms with Gasteiger partial charge in [0.15, 0.2) is 0 Å². The Hall–Kier alpha value is -0.820. The van der Waals surface area contributed by atoms with E-state index in [9.17, 15) is 0 Å². The zero-order valence-corrected chi connectivity index (χ0v) is 19.3. The van der Waals surface area contributed by atoms with E-state index in [0.717, 1.165) is 24.4 Å². The van der Waals surface area contributed by atoms with Crippen molar-refractivity contribution in [3.05, 3.63) is 35.4 Å². The van der Waals surface area contributed by atoms with Crippen LogP contribution in [0.1, 0.15) is 121 Å². The Morgan fingerprint density at radius 3 is 2.10 bits per heavy atom. The average molecular weight is 399 g/mol. The minimum absolute atomic E-state index is 0.524. The third-order valence-corrected chi connectivity index (χ3v) is 7.85. The van der Waals surface area contributed by atoms with E-state index in [4.69, 9.17) is 4.74 Å². The summed E-state index contributed by atoms with van der Waals surface area (Å²) in [5.41, 5.74) is 3.08. The van der Waals surface area contributed by atoms with Gasteiger partial charge < -0.3 is 4.74 Å². The first kappa shape index (κ1) is 22.9. The lowest BCUT2D eigenvalue weighted by Gasteiger charge is -2.30. The van der Waals surface area contributed by atoms with Crippen LogP contribution in [-0.2, 0) is 11.2 Å². The Balaban J connectivity index is 1.27. The highest BCUT2D eigenvalue weighted by Gasteiger charge is 2.23. The number of rotatable bonds is 11. The maximum Gasteiger partial charge on any atom is 0.0575 e. The van der Waals surface area contributed by atoms with E-state index in [1.807, 2.05) is 0 Å². The lowest BCUT2D eigenvalue weighted by Crippen LogP contribution is -2.21. The Morgan fingerprint density at radius 1 is 0.759 bits per heavy atom. The number of ether oxygens (including phenoxy) is 1. The van der Waals surface area contributed by atoms with Crippen LogP contribution in [0.5, 0.6) is 0 Å². The predicted octanol–water partition coefficient (Wildman–Crippen LogP) is 8.46. The summed E-state index contributed by atoms with van der Waals surface area (Å²) in [6.07, 6.45) is 20.9. The van der Waals surface area contributed by atoms with E-state index < -0.39 is 0 Å². The molecule has 2 aliphatic rings. The average Bonchev–Trinajstić information content (AvgIpc) is 2.78. The summed E-state index contributed by atoms with van der Waals surface area (Å²) in [5.74, 6) is 2.77. The highest BCUT2D eigenvalue weighted by atomic mass is 16.5. The maximum atomic E-state index is 6.27. The molecule has 1 aromatic rings. The number of hydrogen-bond acceptors (Lipinski definition) is 1. The molecule has 29 heavy (non-hydrogen) atoms. The van der Waals surface area contributed by atoms with Gasteiger partial charge in [-0.1, -0.05) is 83.1 Å². The first-order valence-corrected chi connectivity index (χ1v) is 13.0. The summed E-state index contributed by atoms with van der Waals surface area (Å²) in [5, 5.41) is 0. The molecular weight excluding hydrogens is 352 g/mol. The Kier molecular flexibility index (Phi) is 10.1. The summed E-state index contributed by atoms with van der Waals surface area (Å²) in [7, 11) is 0. The third kappa shape index (κ3) is 7.74. The zero-order valence-electron chi connectivity index (χ0n) is 19.3. The molecule has 0 amide bonds. The molecule has 1 aromatic carbocycles. The molecule has 1 nitrogen and oxygen atoms in total. The Morgan fingerprint density at radius 2 is 1.45 bits per heavy atom. The molecular formula is C28H46O. The van der Waals surface area contributed by atoms with Crippen LogP contribution in [0.4, 0.5) is 0 Å². The number of hydrogen-bond donors (Lipinski definition) is 0. The van der Waals surface area contributed by atoms with Crippen molar-refractivity contribution in [1.29, 1.82) is 0 Å². The van der Waals surface area contributed by atoms with Crippen LogP contribution in [0, 0.1) is 11.8 Å². The molecule has 2 saturated carbocycles. The van der Waals surface area contributed by atoms with Gasteiger partial charge in [-0.2, -0.15) is 0 Å². The van der Waals surface area contributed by atoms with E-state index in [2.05, 4.69) is 38.1 Å². The zero-order chi connectivity index (χ0) is 20.3. The monoisotopic (exact) mass is 398 g/mol. The molecule has 0 saturated heterocycles. The third-order valence-electron chi connectivity index (χ3n) is 7.85. The molecule has 3 rings (SSSR count). The Labute approximate surface area is 181 Å². The summed E-state index contributed by atoms with van der Waals surface area (Å²) in [6, 6.07) is 9.56. The lowest BCUT2D eigenvalue weighted by molar-refractivity contribution is 0.0205. The van der Waals surface area contributed by atoms with Gasteiger partial charge in [-0.05, 0) is 80.2 Å². The highest BCUT2D eigenvalue weighted by Crippen LogP contribution is 2.35. The largest absolute Gasteiger partial charge is 0.378 e. The topological polar surface area (TPSA) is 9.23 Å². The number of unbranched alkanes of at least 4 members (excludes halogenated alkanes) is 2. The van der Waals surface area contributed by atoms with Crippen LogP contribution in [0.3, 0.4) is 0 Å². The minimum atomic E-state index is 0.524. The Bertz CT molecular complexity index is 532. The van der Waals surface area contributed by atoms with Crippen molar-refractivity contribution in [3.8, 4) is 0 Å². The van der Waals surface area contributed by atoms with Crippen LogP contribution in [0.25, 0.3) is 0 Å². The van der Waals surface area contributed by atoms with Crippen molar-refractivity contribution in [1.82, 2.24) is 0 Å².